The molecule has 0 heterocycles. The van der Waals surface area contributed by atoms with Crippen LogP contribution in [0.2, 0.25) is 0 Å². The Balaban J connectivity index is 2.08. The number of nitrogens with zero attached hydrogens (tertiary/aromatic N) is 1. The van der Waals surface area contributed by atoms with Crippen molar-refractivity contribution in [2.75, 3.05) is 13.1 Å². The van der Waals surface area contributed by atoms with E-state index in [0.29, 0.717) is 6.54 Å². The maximum absolute atomic E-state index is 12.6. The molecule has 0 unspecified atom stereocenters. The van der Waals surface area contributed by atoms with Crippen LogP contribution in [0.3, 0.4) is 0 Å². The summed E-state index contributed by atoms with van der Waals surface area (Å²) in [6.45, 7) is 6.43. The fourth-order valence-corrected chi connectivity index (χ4v) is 4.42. The lowest BCUT2D eigenvalue weighted by Gasteiger charge is -2.21. The predicted octanol–water partition coefficient (Wildman–Crippen LogP) is 2.50. The number of nitrogens with one attached hydrogen (secondary N) is 1. The van der Waals surface area contributed by atoms with Crippen molar-refractivity contribution in [2.45, 2.75) is 51.4 Å². The van der Waals surface area contributed by atoms with Gasteiger partial charge in [-0.05, 0) is 36.9 Å². The predicted molar refractivity (Wildman–Crippen MR) is 86.5 cm³/mol. The summed E-state index contributed by atoms with van der Waals surface area (Å²) in [6, 6.07) is 8.13. The van der Waals surface area contributed by atoms with E-state index in [9.17, 15) is 8.42 Å². The first-order chi connectivity index (χ1) is 10.1. The molecule has 1 saturated carbocycles. The van der Waals surface area contributed by atoms with Crippen LogP contribution in [-0.4, -0.2) is 31.9 Å². The van der Waals surface area contributed by atoms with Crippen LogP contribution in [0.4, 0.5) is 0 Å². The molecular weight excluding hydrogens is 284 g/mol. The fourth-order valence-electron chi connectivity index (χ4n) is 2.52. The van der Waals surface area contributed by atoms with Crippen LogP contribution in [0.5, 0.6) is 0 Å². The van der Waals surface area contributed by atoms with E-state index < -0.39 is 10.0 Å². The van der Waals surface area contributed by atoms with E-state index in [-0.39, 0.29) is 11.8 Å². The summed E-state index contributed by atoms with van der Waals surface area (Å²) >= 11 is 0. The summed E-state index contributed by atoms with van der Waals surface area (Å²) in [5.74, 6) is 0.115. The largest absolute Gasteiger partial charge is 0.313 e. The van der Waals surface area contributed by atoms with Gasteiger partial charge in [-0.2, -0.15) is 4.31 Å². The molecule has 118 valence electrons. The zero-order valence-electron chi connectivity index (χ0n) is 13.0. The van der Waals surface area contributed by atoms with Crippen molar-refractivity contribution in [1.29, 1.82) is 0 Å². The lowest BCUT2D eigenvalue weighted by atomic mass is 10.1. The number of hydrogen-bond donors (Lipinski definition) is 1. The van der Waals surface area contributed by atoms with Crippen molar-refractivity contribution >= 4 is 10.0 Å². The van der Waals surface area contributed by atoms with Gasteiger partial charge in [0.15, 0.2) is 0 Å². The van der Waals surface area contributed by atoms with Crippen molar-refractivity contribution in [2.24, 2.45) is 0 Å². The van der Waals surface area contributed by atoms with Gasteiger partial charge in [-0.15, -0.1) is 0 Å². The van der Waals surface area contributed by atoms with Crippen molar-refractivity contribution in [3.05, 3.63) is 35.4 Å². The van der Waals surface area contributed by atoms with E-state index in [0.717, 1.165) is 43.5 Å². The standard InChI is InChI=1S/C16H26N2O2S/c1-3-10-18(16-8-9-16)21(19,20)13-15-7-5-6-14(11-15)12-17-4-2/h5-7,11,16-17H,3-4,8-10,12-13H2,1-2H3. The van der Waals surface area contributed by atoms with Gasteiger partial charge in [0.1, 0.15) is 0 Å². The molecule has 0 aromatic heterocycles. The van der Waals surface area contributed by atoms with Gasteiger partial charge in [-0.25, -0.2) is 8.42 Å². The summed E-state index contributed by atoms with van der Waals surface area (Å²) in [7, 11) is -3.20. The summed E-state index contributed by atoms with van der Waals surface area (Å²) in [5, 5.41) is 3.27. The number of sulfonamides is 1. The molecule has 0 aliphatic heterocycles. The van der Waals surface area contributed by atoms with Gasteiger partial charge < -0.3 is 5.32 Å². The molecule has 0 atom stereocenters. The first kappa shape index (κ1) is 16.5. The summed E-state index contributed by atoms with van der Waals surface area (Å²) < 4.78 is 26.9. The normalized spacial score (nSPS) is 15.6. The van der Waals surface area contributed by atoms with Crippen LogP contribution in [0.25, 0.3) is 0 Å². The Hall–Kier alpha value is -0.910. The van der Waals surface area contributed by atoms with E-state index in [1.54, 1.807) is 4.31 Å². The van der Waals surface area contributed by atoms with E-state index in [2.05, 4.69) is 12.2 Å². The van der Waals surface area contributed by atoms with E-state index in [1.165, 1.54) is 0 Å². The summed E-state index contributed by atoms with van der Waals surface area (Å²) in [6.07, 6.45) is 2.90. The van der Waals surface area contributed by atoms with E-state index in [4.69, 9.17) is 0 Å². The molecule has 0 saturated heterocycles. The number of rotatable bonds is 9. The molecule has 1 fully saturated rings. The first-order valence-corrected chi connectivity index (χ1v) is 9.45. The third-order valence-corrected chi connectivity index (χ3v) is 5.57. The Morgan fingerprint density at radius 2 is 1.95 bits per heavy atom. The Morgan fingerprint density at radius 3 is 2.57 bits per heavy atom. The van der Waals surface area contributed by atoms with E-state index >= 15 is 0 Å². The van der Waals surface area contributed by atoms with Crippen LogP contribution in [0.15, 0.2) is 24.3 Å². The average Bonchev–Trinajstić information content (AvgIpc) is 3.26. The highest BCUT2D eigenvalue weighted by atomic mass is 32.2. The highest BCUT2D eigenvalue weighted by molar-refractivity contribution is 7.88. The molecule has 1 N–H and O–H groups in total. The molecule has 4 nitrogen and oxygen atoms in total. The second-order valence-electron chi connectivity index (χ2n) is 5.70. The Morgan fingerprint density at radius 1 is 1.24 bits per heavy atom. The molecule has 5 heteroatoms. The summed E-state index contributed by atoms with van der Waals surface area (Å²) in [4.78, 5) is 0. The molecule has 0 spiro atoms. The lowest BCUT2D eigenvalue weighted by Crippen LogP contribution is -2.34. The van der Waals surface area contributed by atoms with E-state index in [1.807, 2.05) is 31.2 Å². The topological polar surface area (TPSA) is 49.4 Å². The van der Waals surface area contributed by atoms with Gasteiger partial charge >= 0.3 is 0 Å². The Kier molecular flexibility index (Phi) is 5.79. The van der Waals surface area contributed by atoms with Crippen LogP contribution in [0, 0.1) is 0 Å². The van der Waals surface area contributed by atoms with Crippen molar-refractivity contribution in [3.8, 4) is 0 Å². The smallest absolute Gasteiger partial charge is 0.218 e. The monoisotopic (exact) mass is 310 g/mol. The van der Waals surface area contributed by atoms with Crippen LogP contribution >= 0.6 is 0 Å². The van der Waals surface area contributed by atoms with Gasteiger partial charge in [0.2, 0.25) is 10.0 Å². The SMILES string of the molecule is CCCN(C1CC1)S(=O)(=O)Cc1cccc(CNCC)c1. The molecule has 1 aromatic carbocycles. The minimum atomic E-state index is -3.20. The molecule has 0 amide bonds. The minimum Gasteiger partial charge on any atom is -0.313 e. The fraction of sp³-hybridized carbons (Fsp3) is 0.625. The zero-order chi connectivity index (χ0) is 15.3. The Labute approximate surface area is 128 Å². The first-order valence-electron chi connectivity index (χ1n) is 7.85. The van der Waals surface area contributed by atoms with Gasteiger partial charge in [0.25, 0.3) is 0 Å². The zero-order valence-corrected chi connectivity index (χ0v) is 13.8. The molecule has 0 bridgehead atoms. The third kappa shape index (κ3) is 4.80. The number of benzene rings is 1. The molecule has 1 aliphatic carbocycles. The highest BCUT2D eigenvalue weighted by Crippen LogP contribution is 2.30. The number of hydrogen-bond acceptors (Lipinski definition) is 3. The lowest BCUT2D eigenvalue weighted by molar-refractivity contribution is 0.402. The maximum atomic E-state index is 12.6. The van der Waals surface area contributed by atoms with Gasteiger partial charge in [0, 0.05) is 19.1 Å². The van der Waals surface area contributed by atoms with Crippen LogP contribution in [-0.2, 0) is 22.3 Å². The molecule has 1 aliphatic rings. The molecule has 2 rings (SSSR count). The van der Waals surface area contributed by atoms with Crippen molar-refractivity contribution < 1.29 is 8.42 Å². The molecule has 1 aromatic rings. The quantitative estimate of drug-likeness (QED) is 0.762. The van der Waals surface area contributed by atoms with Gasteiger partial charge in [-0.3, -0.25) is 0 Å². The third-order valence-electron chi connectivity index (χ3n) is 3.68. The van der Waals surface area contributed by atoms with Gasteiger partial charge in [0.05, 0.1) is 5.75 Å². The van der Waals surface area contributed by atoms with Crippen molar-refractivity contribution in [3.63, 3.8) is 0 Å². The van der Waals surface area contributed by atoms with Gasteiger partial charge in [-0.1, -0.05) is 38.1 Å². The minimum absolute atomic E-state index is 0.115. The van der Waals surface area contributed by atoms with Crippen LogP contribution in [0.1, 0.15) is 44.2 Å². The van der Waals surface area contributed by atoms with Crippen molar-refractivity contribution in [1.82, 2.24) is 9.62 Å². The summed E-state index contributed by atoms with van der Waals surface area (Å²) in [5.41, 5.74) is 2.02. The second kappa shape index (κ2) is 7.38. The Bertz CT molecular complexity index is 553. The van der Waals surface area contributed by atoms with Crippen LogP contribution < -0.4 is 5.32 Å². The molecule has 21 heavy (non-hydrogen) atoms. The molecule has 0 radical (unpaired) electrons. The highest BCUT2D eigenvalue weighted by Gasteiger charge is 2.36. The average molecular weight is 310 g/mol. The molecular formula is C16H26N2O2S. The maximum Gasteiger partial charge on any atom is 0.218 e. The second-order valence-corrected chi connectivity index (χ2v) is 7.62.